The van der Waals surface area contributed by atoms with Crippen LogP contribution in [0.4, 0.5) is 0 Å². The number of aromatic nitrogens is 1. The highest BCUT2D eigenvalue weighted by Crippen LogP contribution is 2.42. The van der Waals surface area contributed by atoms with E-state index in [2.05, 4.69) is 29.5 Å². The fourth-order valence-electron chi connectivity index (χ4n) is 2.14. The van der Waals surface area contributed by atoms with E-state index in [-0.39, 0.29) is 0 Å². The van der Waals surface area contributed by atoms with Crippen molar-refractivity contribution < 1.29 is 0 Å². The average molecular weight is 236 g/mol. The van der Waals surface area contributed by atoms with Crippen LogP contribution in [-0.4, -0.2) is 22.5 Å². The predicted molar refractivity (Wildman–Crippen MR) is 70.8 cm³/mol. The Morgan fingerprint density at radius 3 is 2.88 bits per heavy atom. The van der Waals surface area contributed by atoms with Crippen molar-refractivity contribution in [3.05, 3.63) is 29.6 Å². The molecule has 1 heterocycles. The van der Waals surface area contributed by atoms with Crippen LogP contribution in [0.1, 0.15) is 30.5 Å². The van der Waals surface area contributed by atoms with E-state index in [1.54, 1.807) is 0 Å². The van der Waals surface area contributed by atoms with E-state index in [4.69, 9.17) is 0 Å². The van der Waals surface area contributed by atoms with Crippen LogP contribution in [-0.2, 0) is 6.54 Å². The van der Waals surface area contributed by atoms with E-state index in [0.29, 0.717) is 4.75 Å². The van der Waals surface area contributed by atoms with Gasteiger partial charge in [-0.05, 0) is 37.7 Å². The summed E-state index contributed by atoms with van der Waals surface area (Å²) in [6, 6.07) is 4.12. The second kappa shape index (κ2) is 5.19. The van der Waals surface area contributed by atoms with Gasteiger partial charge in [-0.1, -0.05) is 12.5 Å². The summed E-state index contributed by atoms with van der Waals surface area (Å²) >= 11 is 2.02. The summed E-state index contributed by atoms with van der Waals surface area (Å²) < 4.78 is 0.517. The number of thioether (sulfide) groups is 1. The lowest BCUT2D eigenvalue weighted by Crippen LogP contribution is -2.43. The summed E-state index contributed by atoms with van der Waals surface area (Å²) in [5.74, 6) is 0. The second-order valence-electron chi connectivity index (χ2n) is 4.61. The molecule has 1 aliphatic rings. The first-order valence-electron chi connectivity index (χ1n) is 5.92. The Labute approximate surface area is 102 Å². The average Bonchev–Trinajstić information content (AvgIpc) is 2.25. The maximum atomic E-state index is 4.40. The van der Waals surface area contributed by atoms with Crippen LogP contribution in [0.2, 0.25) is 0 Å². The summed E-state index contributed by atoms with van der Waals surface area (Å²) in [4.78, 5) is 4.40. The molecule has 0 radical (unpaired) electrons. The van der Waals surface area contributed by atoms with Crippen molar-refractivity contribution in [1.82, 2.24) is 10.3 Å². The van der Waals surface area contributed by atoms with E-state index in [0.717, 1.165) is 13.1 Å². The van der Waals surface area contributed by atoms with Gasteiger partial charge < -0.3 is 5.32 Å². The van der Waals surface area contributed by atoms with Gasteiger partial charge >= 0.3 is 0 Å². The minimum absolute atomic E-state index is 0.517. The zero-order valence-electron chi connectivity index (χ0n) is 10.1. The van der Waals surface area contributed by atoms with Crippen LogP contribution >= 0.6 is 11.8 Å². The monoisotopic (exact) mass is 236 g/mol. The molecule has 16 heavy (non-hydrogen) atoms. The van der Waals surface area contributed by atoms with Gasteiger partial charge in [0.1, 0.15) is 0 Å². The standard InChI is InChI=1S/C13H20N2S/c1-11-5-3-8-15-12(11)9-14-10-13(16-2)6-4-7-13/h3,5,8,14H,4,6-7,9-10H2,1-2H3. The van der Waals surface area contributed by atoms with Crippen molar-refractivity contribution in [2.45, 2.75) is 37.5 Å². The van der Waals surface area contributed by atoms with E-state index < -0.39 is 0 Å². The summed E-state index contributed by atoms with van der Waals surface area (Å²) in [6.07, 6.45) is 8.22. The third kappa shape index (κ3) is 2.58. The molecule has 0 spiro atoms. The number of aryl methyl sites for hydroxylation is 1. The summed E-state index contributed by atoms with van der Waals surface area (Å²) in [5, 5.41) is 3.55. The summed E-state index contributed by atoms with van der Waals surface area (Å²) in [7, 11) is 0. The van der Waals surface area contributed by atoms with Gasteiger partial charge in [-0.25, -0.2) is 0 Å². The van der Waals surface area contributed by atoms with Gasteiger partial charge in [-0.2, -0.15) is 11.8 Å². The van der Waals surface area contributed by atoms with Crippen LogP contribution in [0.15, 0.2) is 18.3 Å². The summed E-state index contributed by atoms with van der Waals surface area (Å²) in [6.45, 7) is 4.14. The normalized spacial score (nSPS) is 18.1. The van der Waals surface area contributed by atoms with Crippen LogP contribution in [0, 0.1) is 6.92 Å². The molecule has 0 amide bonds. The maximum absolute atomic E-state index is 4.40. The zero-order valence-corrected chi connectivity index (χ0v) is 10.9. The molecule has 0 aromatic carbocycles. The number of rotatable bonds is 5. The Kier molecular flexibility index (Phi) is 3.87. The number of pyridine rings is 1. The van der Waals surface area contributed by atoms with Gasteiger partial charge in [0.15, 0.2) is 0 Å². The Hall–Kier alpha value is -0.540. The highest BCUT2D eigenvalue weighted by atomic mass is 32.2. The van der Waals surface area contributed by atoms with Crippen molar-refractivity contribution in [1.29, 1.82) is 0 Å². The Morgan fingerprint density at radius 2 is 2.31 bits per heavy atom. The second-order valence-corrected chi connectivity index (χ2v) is 5.89. The maximum Gasteiger partial charge on any atom is 0.0570 e. The molecule has 0 atom stereocenters. The van der Waals surface area contributed by atoms with Gasteiger partial charge in [0.25, 0.3) is 0 Å². The lowest BCUT2D eigenvalue weighted by molar-refractivity contribution is 0.345. The van der Waals surface area contributed by atoms with Crippen molar-refractivity contribution >= 4 is 11.8 Å². The minimum atomic E-state index is 0.517. The van der Waals surface area contributed by atoms with Gasteiger partial charge in [-0.3, -0.25) is 4.98 Å². The van der Waals surface area contributed by atoms with Crippen LogP contribution < -0.4 is 5.32 Å². The molecular formula is C13H20N2S. The molecule has 2 rings (SSSR count). The largest absolute Gasteiger partial charge is 0.310 e. The van der Waals surface area contributed by atoms with Gasteiger partial charge in [0, 0.05) is 24.0 Å². The molecule has 0 bridgehead atoms. The molecule has 2 nitrogen and oxygen atoms in total. The van der Waals surface area contributed by atoms with Crippen LogP contribution in [0.25, 0.3) is 0 Å². The molecule has 1 aliphatic carbocycles. The smallest absolute Gasteiger partial charge is 0.0570 e. The van der Waals surface area contributed by atoms with Crippen molar-refractivity contribution in [3.63, 3.8) is 0 Å². The Bertz CT molecular complexity index is 342. The highest BCUT2D eigenvalue weighted by Gasteiger charge is 2.35. The molecule has 88 valence electrons. The third-order valence-electron chi connectivity index (χ3n) is 3.56. The molecule has 0 unspecified atom stereocenters. The molecule has 1 N–H and O–H groups in total. The van der Waals surface area contributed by atoms with Gasteiger partial charge in [-0.15, -0.1) is 0 Å². The molecule has 1 aromatic heterocycles. The van der Waals surface area contributed by atoms with Gasteiger partial charge in [0.2, 0.25) is 0 Å². The van der Waals surface area contributed by atoms with E-state index in [9.17, 15) is 0 Å². The number of hydrogen-bond donors (Lipinski definition) is 1. The highest BCUT2D eigenvalue weighted by molar-refractivity contribution is 8.00. The van der Waals surface area contributed by atoms with E-state index in [1.807, 2.05) is 24.0 Å². The molecule has 1 aromatic rings. The topological polar surface area (TPSA) is 24.9 Å². The quantitative estimate of drug-likeness (QED) is 0.851. The molecule has 1 saturated carbocycles. The predicted octanol–water partition coefficient (Wildman–Crippen LogP) is 2.77. The number of nitrogens with zero attached hydrogens (tertiary/aromatic N) is 1. The first-order valence-corrected chi connectivity index (χ1v) is 7.15. The van der Waals surface area contributed by atoms with Crippen LogP contribution in [0.5, 0.6) is 0 Å². The zero-order chi connectivity index (χ0) is 11.4. The SMILES string of the molecule is CSC1(CNCc2ncccc2C)CCC1. The fraction of sp³-hybridized carbons (Fsp3) is 0.615. The van der Waals surface area contributed by atoms with Crippen molar-refractivity contribution in [2.24, 2.45) is 0 Å². The molecule has 1 fully saturated rings. The fourth-order valence-corrected chi connectivity index (χ4v) is 3.08. The number of nitrogens with one attached hydrogen (secondary N) is 1. The van der Waals surface area contributed by atoms with Gasteiger partial charge in [0.05, 0.1) is 5.69 Å². The Morgan fingerprint density at radius 1 is 1.50 bits per heavy atom. The van der Waals surface area contributed by atoms with Crippen LogP contribution in [0.3, 0.4) is 0 Å². The number of hydrogen-bond acceptors (Lipinski definition) is 3. The minimum Gasteiger partial charge on any atom is -0.310 e. The molecular weight excluding hydrogens is 216 g/mol. The molecule has 0 saturated heterocycles. The first-order chi connectivity index (χ1) is 7.76. The van der Waals surface area contributed by atoms with E-state index >= 15 is 0 Å². The van der Waals surface area contributed by atoms with Crippen molar-refractivity contribution in [3.8, 4) is 0 Å². The lowest BCUT2D eigenvalue weighted by atomic mass is 9.84. The molecule has 3 heteroatoms. The Balaban J connectivity index is 1.82. The van der Waals surface area contributed by atoms with E-state index in [1.165, 1.54) is 30.5 Å². The first kappa shape index (κ1) is 11.9. The lowest BCUT2D eigenvalue weighted by Gasteiger charge is -2.40. The summed E-state index contributed by atoms with van der Waals surface area (Å²) in [5.41, 5.74) is 2.46. The molecule has 0 aliphatic heterocycles. The third-order valence-corrected chi connectivity index (χ3v) is 4.97. The van der Waals surface area contributed by atoms with Crippen molar-refractivity contribution in [2.75, 3.05) is 12.8 Å².